The second-order valence-corrected chi connectivity index (χ2v) is 8.79. The zero-order chi connectivity index (χ0) is 20.0. The fourth-order valence-electron chi connectivity index (χ4n) is 3.13. The molecule has 3 atom stereocenters. The minimum Gasteiger partial charge on any atom is -0.465 e. The summed E-state index contributed by atoms with van der Waals surface area (Å²) in [4.78, 5) is 25.4. The van der Waals surface area contributed by atoms with Gasteiger partial charge in [-0.25, -0.2) is 9.18 Å². The Balaban J connectivity index is 2.09. The molecule has 0 radical (unpaired) electrons. The van der Waals surface area contributed by atoms with E-state index >= 15 is 0 Å². The molecule has 0 aromatic heterocycles. The molecule has 1 saturated heterocycles. The number of alkyl halides is 1. The van der Waals surface area contributed by atoms with E-state index < -0.39 is 35.0 Å². The number of nitriles is 1. The fraction of sp³-hybridized carbons (Fsp3) is 0.526. The van der Waals surface area contributed by atoms with Crippen LogP contribution in [0.2, 0.25) is 0 Å². The van der Waals surface area contributed by atoms with Crippen LogP contribution in [0.5, 0.6) is 0 Å². The number of rotatable bonds is 7. The molecular weight excluding hydrogens is 369 g/mol. The maximum atomic E-state index is 13.7. The van der Waals surface area contributed by atoms with E-state index in [2.05, 4.69) is 5.32 Å². The van der Waals surface area contributed by atoms with E-state index in [1.54, 1.807) is 13.8 Å². The Labute approximate surface area is 162 Å². The smallest absolute Gasteiger partial charge is 0.405 e. The number of benzene rings is 1. The first-order chi connectivity index (χ1) is 12.7. The summed E-state index contributed by atoms with van der Waals surface area (Å²) in [5, 5.41) is 20.6. The molecule has 8 heteroatoms. The van der Waals surface area contributed by atoms with Crippen molar-refractivity contribution in [2.45, 2.75) is 49.7 Å². The largest absolute Gasteiger partial charge is 0.465 e. The summed E-state index contributed by atoms with van der Waals surface area (Å²) in [5.41, 5.74) is 1.15. The van der Waals surface area contributed by atoms with E-state index in [-0.39, 0.29) is 13.0 Å². The third kappa shape index (κ3) is 5.60. The van der Waals surface area contributed by atoms with Crippen LogP contribution in [0.1, 0.15) is 25.8 Å². The molecule has 2 N–H and O–H groups in total. The molecule has 1 aromatic carbocycles. The van der Waals surface area contributed by atoms with Crippen LogP contribution in [0.4, 0.5) is 9.18 Å². The maximum Gasteiger partial charge on any atom is 0.405 e. The van der Waals surface area contributed by atoms with Gasteiger partial charge in [0.15, 0.2) is 0 Å². The van der Waals surface area contributed by atoms with Crippen molar-refractivity contribution in [2.75, 3.05) is 12.3 Å². The number of halogens is 1. The van der Waals surface area contributed by atoms with Gasteiger partial charge in [-0.1, -0.05) is 30.3 Å². The lowest BCUT2D eigenvalue weighted by molar-refractivity contribution is -0.134. The Morgan fingerprint density at radius 3 is 2.70 bits per heavy atom. The molecule has 1 aliphatic rings. The van der Waals surface area contributed by atoms with Crippen molar-refractivity contribution in [1.29, 1.82) is 5.26 Å². The summed E-state index contributed by atoms with van der Waals surface area (Å²) in [6.45, 7) is 3.39. The summed E-state index contributed by atoms with van der Waals surface area (Å²) >= 11 is 1.47. The summed E-state index contributed by atoms with van der Waals surface area (Å²) in [6.07, 6.45) is -1.85. The van der Waals surface area contributed by atoms with Gasteiger partial charge in [0.1, 0.15) is 18.3 Å². The van der Waals surface area contributed by atoms with Gasteiger partial charge in [0.25, 0.3) is 0 Å². The minimum absolute atomic E-state index is 0.0381. The highest BCUT2D eigenvalue weighted by Gasteiger charge is 2.44. The van der Waals surface area contributed by atoms with Crippen LogP contribution >= 0.6 is 11.8 Å². The van der Waals surface area contributed by atoms with Gasteiger partial charge in [0, 0.05) is 11.2 Å². The molecular formula is C19H24FN3O3S. The lowest BCUT2D eigenvalue weighted by atomic mass is 10.0. The first-order valence-corrected chi connectivity index (χ1v) is 9.74. The lowest BCUT2D eigenvalue weighted by Crippen LogP contribution is -2.58. The molecule has 6 nitrogen and oxygen atoms in total. The summed E-state index contributed by atoms with van der Waals surface area (Å²) in [7, 11) is 0. The average molecular weight is 393 g/mol. The van der Waals surface area contributed by atoms with Crippen LogP contribution in [-0.4, -0.2) is 57.3 Å². The number of nitrogens with one attached hydrogen (secondary N) is 1. The minimum atomic E-state index is -1.32. The van der Waals surface area contributed by atoms with E-state index in [4.69, 9.17) is 0 Å². The van der Waals surface area contributed by atoms with Crippen LogP contribution in [0, 0.1) is 11.3 Å². The van der Waals surface area contributed by atoms with E-state index in [1.165, 1.54) is 11.8 Å². The Morgan fingerprint density at radius 1 is 1.44 bits per heavy atom. The molecule has 1 fully saturated rings. The second kappa shape index (κ2) is 9.09. The summed E-state index contributed by atoms with van der Waals surface area (Å²) in [6, 6.07) is 9.85. The topological polar surface area (TPSA) is 93.4 Å². The number of carbonyl (C=O) groups excluding carboxylic acids is 1. The number of likely N-dealkylation sites (tertiary alicyclic amines) is 1. The zero-order valence-corrected chi connectivity index (χ0v) is 16.2. The zero-order valence-electron chi connectivity index (χ0n) is 15.4. The number of hydrogen-bond acceptors (Lipinski definition) is 4. The van der Waals surface area contributed by atoms with E-state index in [1.807, 2.05) is 36.4 Å². The van der Waals surface area contributed by atoms with Crippen molar-refractivity contribution in [3.63, 3.8) is 0 Å². The predicted octanol–water partition coefficient (Wildman–Crippen LogP) is 2.84. The number of aryl methyl sites for hydroxylation is 1. The molecule has 0 aliphatic carbocycles. The lowest BCUT2D eigenvalue weighted by Gasteiger charge is -2.35. The number of carbonyl (C=O) groups is 2. The van der Waals surface area contributed by atoms with E-state index in [0.29, 0.717) is 5.75 Å². The average Bonchev–Trinajstić information content (AvgIpc) is 3.00. The number of thioether (sulfide) groups is 1. The van der Waals surface area contributed by atoms with Crippen molar-refractivity contribution in [3.8, 4) is 6.07 Å². The summed E-state index contributed by atoms with van der Waals surface area (Å²) < 4.78 is 12.9. The fourth-order valence-corrected chi connectivity index (χ4v) is 4.32. The van der Waals surface area contributed by atoms with Crippen molar-refractivity contribution < 1.29 is 19.1 Å². The Bertz CT molecular complexity index is 708. The van der Waals surface area contributed by atoms with Crippen LogP contribution in [0.25, 0.3) is 0 Å². The monoisotopic (exact) mass is 393 g/mol. The normalized spacial score (nSPS) is 20.7. The highest BCUT2D eigenvalue weighted by Crippen LogP contribution is 2.32. The van der Waals surface area contributed by atoms with E-state index in [0.717, 1.165) is 16.9 Å². The number of hydrogen-bond donors (Lipinski definition) is 2. The van der Waals surface area contributed by atoms with Gasteiger partial charge in [-0.2, -0.15) is 17.0 Å². The molecule has 2 amide bonds. The quantitative estimate of drug-likeness (QED) is 0.743. The van der Waals surface area contributed by atoms with Gasteiger partial charge in [-0.3, -0.25) is 4.79 Å². The van der Waals surface area contributed by atoms with Gasteiger partial charge in [0.2, 0.25) is 5.91 Å². The molecule has 1 aromatic rings. The first-order valence-electron chi connectivity index (χ1n) is 8.76. The maximum absolute atomic E-state index is 13.7. The first kappa shape index (κ1) is 21.0. The molecule has 0 spiro atoms. The molecule has 27 heavy (non-hydrogen) atoms. The Morgan fingerprint density at radius 2 is 2.11 bits per heavy atom. The third-order valence-corrected chi connectivity index (χ3v) is 5.99. The number of amides is 2. The van der Waals surface area contributed by atoms with Crippen molar-refractivity contribution >= 4 is 23.8 Å². The van der Waals surface area contributed by atoms with Crippen molar-refractivity contribution in [1.82, 2.24) is 10.2 Å². The molecule has 0 saturated carbocycles. The molecule has 0 unspecified atom stereocenters. The van der Waals surface area contributed by atoms with E-state index in [9.17, 15) is 24.3 Å². The van der Waals surface area contributed by atoms with Gasteiger partial charge in [0.05, 0.1) is 12.6 Å². The van der Waals surface area contributed by atoms with Gasteiger partial charge < -0.3 is 15.3 Å². The molecule has 0 bridgehead atoms. The van der Waals surface area contributed by atoms with Crippen LogP contribution < -0.4 is 5.32 Å². The molecule has 2 rings (SSSR count). The Kier molecular flexibility index (Phi) is 7.08. The molecule has 1 heterocycles. The number of carboxylic acid groups (broad SMARTS) is 1. The van der Waals surface area contributed by atoms with Gasteiger partial charge in [-0.05, 0) is 31.6 Å². The number of nitrogens with zero attached hydrogens (tertiary/aromatic N) is 2. The SMILES string of the molecule is CC(C)(SCCc1ccccc1)[C@H](NC(=O)O)C(=O)N1C[C@@H](F)C[C@H]1C#N. The molecule has 1 aliphatic heterocycles. The highest BCUT2D eigenvalue weighted by molar-refractivity contribution is 8.00. The third-order valence-electron chi connectivity index (χ3n) is 4.60. The predicted molar refractivity (Wildman–Crippen MR) is 102 cm³/mol. The van der Waals surface area contributed by atoms with Crippen LogP contribution in [0.15, 0.2) is 30.3 Å². The highest BCUT2D eigenvalue weighted by atomic mass is 32.2. The second-order valence-electron chi connectivity index (χ2n) is 7.04. The van der Waals surface area contributed by atoms with Gasteiger partial charge >= 0.3 is 6.09 Å². The van der Waals surface area contributed by atoms with Crippen LogP contribution in [0.3, 0.4) is 0 Å². The molecule has 146 valence electrons. The van der Waals surface area contributed by atoms with Crippen molar-refractivity contribution in [2.24, 2.45) is 0 Å². The standard InChI is InChI=1S/C19H24FN3O3S/c1-19(2,27-9-8-13-6-4-3-5-7-13)16(22-18(25)26)17(24)23-12-14(20)10-15(23)11-21/h3-7,14-16,22H,8-10,12H2,1-2H3,(H,25,26)/t14-,15-,16+/m0/s1. The van der Waals surface area contributed by atoms with Crippen molar-refractivity contribution in [3.05, 3.63) is 35.9 Å². The van der Waals surface area contributed by atoms with Gasteiger partial charge in [-0.15, -0.1) is 0 Å². The van der Waals surface area contributed by atoms with Crippen LogP contribution in [-0.2, 0) is 11.2 Å². The Hall–Kier alpha value is -2.27. The summed E-state index contributed by atoms with van der Waals surface area (Å²) in [5.74, 6) is 0.136.